The van der Waals surface area contributed by atoms with Crippen molar-refractivity contribution in [2.45, 2.75) is 20.4 Å². The van der Waals surface area contributed by atoms with Gasteiger partial charge in [-0.15, -0.1) is 0 Å². The van der Waals surface area contributed by atoms with E-state index in [-0.39, 0.29) is 17.9 Å². The lowest BCUT2D eigenvalue weighted by Gasteiger charge is -2.11. The smallest absolute Gasteiger partial charge is 0.256 e. The van der Waals surface area contributed by atoms with Gasteiger partial charge in [-0.25, -0.2) is 9.97 Å². The summed E-state index contributed by atoms with van der Waals surface area (Å²) < 4.78 is 1.55. The highest BCUT2D eigenvalue weighted by molar-refractivity contribution is 6.02. The van der Waals surface area contributed by atoms with Crippen LogP contribution in [0.15, 0.2) is 54.9 Å². The van der Waals surface area contributed by atoms with Gasteiger partial charge in [0, 0.05) is 36.1 Å². The van der Waals surface area contributed by atoms with Gasteiger partial charge in [0.05, 0.1) is 22.5 Å². The summed E-state index contributed by atoms with van der Waals surface area (Å²) in [5, 5.41) is 18.4. The fraction of sp³-hybridized carbons (Fsp3) is 0.120. The molecule has 5 aromatic rings. The van der Waals surface area contributed by atoms with E-state index in [4.69, 9.17) is 5.73 Å². The number of primary amides is 1. The minimum absolute atomic E-state index is 0.0403. The highest BCUT2D eigenvalue weighted by Crippen LogP contribution is 2.29. The van der Waals surface area contributed by atoms with Crippen molar-refractivity contribution in [3.05, 3.63) is 82.9 Å². The van der Waals surface area contributed by atoms with Crippen LogP contribution in [0.1, 0.15) is 37.7 Å². The maximum Gasteiger partial charge on any atom is 0.256 e. The van der Waals surface area contributed by atoms with E-state index in [1.807, 2.05) is 25.1 Å². The first-order valence-electron chi connectivity index (χ1n) is 10.8. The van der Waals surface area contributed by atoms with Crippen LogP contribution in [0.4, 0.5) is 0 Å². The fourth-order valence-electron chi connectivity index (χ4n) is 3.91. The van der Waals surface area contributed by atoms with E-state index in [2.05, 4.69) is 25.4 Å². The van der Waals surface area contributed by atoms with Gasteiger partial charge in [0.15, 0.2) is 11.3 Å². The lowest BCUT2D eigenvalue weighted by atomic mass is 10.1. The molecule has 35 heavy (non-hydrogen) atoms. The molecule has 10 nitrogen and oxygen atoms in total. The van der Waals surface area contributed by atoms with Gasteiger partial charge < -0.3 is 16.2 Å². The van der Waals surface area contributed by atoms with Gasteiger partial charge in [-0.05, 0) is 37.6 Å². The minimum Gasteiger partial charge on any atom is -0.506 e. The summed E-state index contributed by atoms with van der Waals surface area (Å²) in [6.07, 6.45) is 2.96. The zero-order valence-corrected chi connectivity index (χ0v) is 19.0. The highest BCUT2D eigenvalue weighted by Gasteiger charge is 2.19. The maximum absolute atomic E-state index is 12.8. The first-order valence-corrected chi connectivity index (χ1v) is 10.8. The van der Waals surface area contributed by atoms with Gasteiger partial charge >= 0.3 is 0 Å². The van der Waals surface area contributed by atoms with E-state index in [9.17, 15) is 14.7 Å². The predicted octanol–water partition coefficient (Wildman–Crippen LogP) is 2.69. The molecule has 0 saturated carbocycles. The SMILES string of the molecule is Cc1cc2nc(C)c3c(O)c(C(=O)NCc4ccc(-c5cccc(C(N)=O)c5)nc4)cnc3n2n1. The average Bonchev–Trinajstić information content (AvgIpc) is 3.23. The van der Waals surface area contributed by atoms with Gasteiger partial charge in [-0.2, -0.15) is 9.61 Å². The highest BCUT2D eigenvalue weighted by atomic mass is 16.3. The standard InChI is InChI=1S/C25H21N7O3/c1-13-8-20-30-14(2)21-22(33)18(12-28-24(21)32(20)31-13)25(35)29-11-15-6-7-19(27-10-15)16-4-3-5-17(9-16)23(26)34/h3-10,12H,11H2,1-2H3,(H2,26,34)(H,28,33)(H,29,35). The predicted molar refractivity (Wildman–Crippen MR) is 129 cm³/mol. The van der Waals surface area contributed by atoms with E-state index in [0.717, 1.165) is 16.8 Å². The number of rotatable bonds is 5. The maximum atomic E-state index is 12.8. The number of benzene rings is 1. The van der Waals surface area contributed by atoms with Crippen molar-refractivity contribution >= 4 is 28.5 Å². The zero-order chi connectivity index (χ0) is 24.7. The Morgan fingerprint density at radius 3 is 2.66 bits per heavy atom. The molecule has 0 unspecified atom stereocenters. The number of nitrogens with two attached hydrogens (primary N) is 1. The van der Waals surface area contributed by atoms with Crippen molar-refractivity contribution in [2.75, 3.05) is 0 Å². The summed E-state index contributed by atoms with van der Waals surface area (Å²) in [7, 11) is 0. The number of carbonyl (C=O) groups excluding carboxylic acids is 2. The van der Waals surface area contributed by atoms with Gasteiger partial charge in [0.1, 0.15) is 11.3 Å². The summed E-state index contributed by atoms with van der Waals surface area (Å²) >= 11 is 0. The minimum atomic E-state index is -0.507. The Hall–Kier alpha value is -4.86. The topological polar surface area (TPSA) is 148 Å². The molecule has 5 rings (SSSR count). The molecule has 0 saturated heterocycles. The molecule has 4 N–H and O–H groups in total. The Bertz CT molecular complexity index is 1620. The van der Waals surface area contributed by atoms with Gasteiger partial charge in [0.25, 0.3) is 5.91 Å². The fourth-order valence-corrected chi connectivity index (χ4v) is 3.91. The number of carbonyl (C=O) groups is 2. The largest absolute Gasteiger partial charge is 0.506 e. The molecular weight excluding hydrogens is 446 g/mol. The number of pyridine rings is 2. The molecule has 0 spiro atoms. The molecule has 0 radical (unpaired) electrons. The lowest BCUT2D eigenvalue weighted by Crippen LogP contribution is -2.23. The molecule has 0 bridgehead atoms. The Labute approximate surface area is 199 Å². The number of aromatic hydroxyl groups is 1. The van der Waals surface area contributed by atoms with Crippen LogP contribution in [0, 0.1) is 13.8 Å². The number of aromatic nitrogens is 5. The van der Waals surface area contributed by atoms with E-state index in [1.165, 1.54) is 6.20 Å². The number of fused-ring (bicyclic) bond motifs is 3. The second kappa shape index (κ2) is 8.49. The van der Waals surface area contributed by atoms with Crippen LogP contribution < -0.4 is 11.1 Å². The number of aryl methyl sites for hydroxylation is 2. The third-order valence-electron chi connectivity index (χ3n) is 5.65. The summed E-state index contributed by atoms with van der Waals surface area (Å²) in [6, 6.07) is 12.3. The molecule has 0 fully saturated rings. The van der Waals surface area contributed by atoms with Crippen molar-refractivity contribution in [3.8, 4) is 17.0 Å². The van der Waals surface area contributed by atoms with Gasteiger partial charge in [-0.3, -0.25) is 14.6 Å². The second-order valence-corrected chi connectivity index (χ2v) is 8.15. The lowest BCUT2D eigenvalue weighted by molar-refractivity contribution is 0.0947. The molecule has 0 atom stereocenters. The van der Waals surface area contributed by atoms with Crippen LogP contribution in [0.5, 0.6) is 5.75 Å². The van der Waals surface area contributed by atoms with E-state index >= 15 is 0 Å². The van der Waals surface area contributed by atoms with Crippen molar-refractivity contribution in [1.82, 2.24) is 29.9 Å². The van der Waals surface area contributed by atoms with E-state index in [1.54, 1.807) is 41.9 Å². The second-order valence-electron chi connectivity index (χ2n) is 8.15. The van der Waals surface area contributed by atoms with Crippen LogP contribution in [-0.2, 0) is 6.54 Å². The quantitative estimate of drug-likeness (QED) is 0.360. The first kappa shape index (κ1) is 22.0. The molecule has 4 heterocycles. The van der Waals surface area contributed by atoms with E-state index < -0.39 is 11.8 Å². The van der Waals surface area contributed by atoms with Crippen LogP contribution in [-0.4, -0.2) is 41.5 Å². The Balaban J connectivity index is 1.35. The van der Waals surface area contributed by atoms with Crippen LogP contribution >= 0.6 is 0 Å². The number of hydrogen-bond donors (Lipinski definition) is 3. The van der Waals surface area contributed by atoms with Crippen LogP contribution in [0.2, 0.25) is 0 Å². The molecular formula is C25H21N7O3. The number of amides is 2. The summed E-state index contributed by atoms with van der Waals surface area (Å²) in [4.78, 5) is 37.5. The molecule has 0 aliphatic carbocycles. The normalized spacial score (nSPS) is 11.1. The van der Waals surface area contributed by atoms with Gasteiger partial charge in [-0.1, -0.05) is 18.2 Å². The van der Waals surface area contributed by atoms with Crippen LogP contribution in [0.3, 0.4) is 0 Å². The molecule has 0 aliphatic rings. The number of nitrogens with one attached hydrogen (secondary N) is 1. The number of hydrogen-bond acceptors (Lipinski definition) is 7. The van der Waals surface area contributed by atoms with Crippen LogP contribution in [0.25, 0.3) is 27.9 Å². The van der Waals surface area contributed by atoms with E-state index in [0.29, 0.717) is 33.6 Å². The molecule has 174 valence electrons. The molecule has 0 aliphatic heterocycles. The first-order chi connectivity index (χ1) is 16.8. The molecule has 10 heteroatoms. The summed E-state index contributed by atoms with van der Waals surface area (Å²) in [5.41, 5.74) is 10.3. The average molecular weight is 467 g/mol. The van der Waals surface area contributed by atoms with Crippen molar-refractivity contribution in [3.63, 3.8) is 0 Å². The Morgan fingerprint density at radius 2 is 1.91 bits per heavy atom. The third kappa shape index (κ3) is 4.01. The Kier molecular flexibility index (Phi) is 5.33. The summed E-state index contributed by atoms with van der Waals surface area (Å²) in [6.45, 7) is 3.79. The van der Waals surface area contributed by atoms with Gasteiger partial charge in [0.2, 0.25) is 5.91 Å². The summed E-state index contributed by atoms with van der Waals surface area (Å²) in [5.74, 6) is -1.19. The Morgan fingerprint density at radius 1 is 1.09 bits per heavy atom. The molecule has 1 aromatic carbocycles. The number of nitrogens with zero attached hydrogens (tertiary/aromatic N) is 5. The molecule has 2 amide bonds. The molecule has 4 aromatic heterocycles. The van der Waals surface area contributed by atoms with Crippen molar-refractivity contribution in [1.29, 1.82) is 0 Å². The third-order valence-corrected chi connectivity index (χ3v) is 5.65. The van der Waals surface area contributed by atoms with Crippen molar-refractivity contribution in [2.24, 2.45) is 5.73 Å². The zero-order valence-electron chi connectivity index (χ0n) is 19.0. The monoisotopic (exact) mass is 467 g/mol. The van der Waals surface area contributed by atoms with Crippen molar-refractivity contribution < 1.29 is 14.7 Å².